The van der Waals surface area contributed by atoms with Gasteiger partial charge in [0.15, 0.2) is 5.11 Å². The number of ether oxygens (including phenoxy) is 1. The van der Waals surface area contributed by atoms with Gasteiger partial charge in [-0.05, 0) is 49.5 Å². The highest BCUT2D eigenvalue weighted by atomic mass is 35.5. The van der Waals surface area contributed by atoms with Crippen molar-refractivity contribution in [3.05, 3.63) is 59.1 Å². The monoisotopic (exact) mass is 394 g/mol. The lowest BCUT2D eigenvalue weighted by Crippen LogP contribution is -2.30. The Hall–Kier alpha value is -1.76. The largest absolute Gasteiger partial charge is 0.462 e. The van der Waals surface area contributed by atoms with Gasteiger partial charge in [-0.1, -0.05) is 29.8 Å². The van der Waals surface area contributed by atoms with E-state index in [1.807, 2.05) is 18.2 Å². The highest BCUT2D eigenvalue weighted by molar-refractivity contribution is 7.99. The lowest BCUT2D eigenvalue weighted by Gasteiger charge is -2.12. The van der Waals surface area contributed by atoms with E-state index in [0.29, 0.717) is 28.0 Å². The second-order valence-electron chi connectivity index (χ2n) is 4.96. The van der Waals surface area contributed by atoms with E-state index in [0.717, 1.165) is 12.3 Å². The number of halogens is 1. The Morgan fingerprint density at radius 2 is 2.00 bits per heavy atom. The van der Waals surface area contributed by atoms with Crippen molar-refractivity contribution in [1.29, 1.82) is 0 Å². The lowest BCUT2D eigenvalue weighted by atomic mass is 10.2. The van der Waals surface area contributed by atoms with E-state index in [2.05, 4.69) is 22.8 Å². The molecule has 0 aromatic heterocycles. The number of anilines is 1. The highest BCUT2D eigenvalue weighted by Gasteiger charge is 2.12. The molecule has 25 heavy (non-hydrogen) atoms. The second kappa shape index (κ2) is 10.3. The van der Waals surface area contributed by atoms with Crippen LogP contribution in [-0.2, 0) is 4.74 Å². The molecule has 0 bridgehead atoms. The van der Waals surface area contributed by atoms with Crippen molar-refractivity contribution in [2.24, 2.45) is 0 Å². The molecule has 0 radical (unpaired) electrons. The van der Waals surface area contributed by atoms with Crippen LogP contribution < -0.4 is 10.6 Å². The molecule has 0 aliphatic rings. The van der Waals surface area contributed by atoms with Gasteiger partial charge >= 0.3 is 5.97 Å². The summed E-state index contributed by atoms with van der Waals surface area (Å²) in [6.07, 6.45) is 0. The molecule has 0 atom stereocenters. The van der Waals surface area contributed by atoms with Gasteiger partial charge in [0.1, 0.15) is 0 Å². The number of nitrogens with one attached hydrogen (secondary N) is 2. The van der Waals surface area contributed by atoms with Crippen LogP contribution in [0.4, 0.5) is 5.69 Å². The van der Waals surface area contributed by atoms with E-state index >= 15 is 0 Å². The zero-order chi connectivity index (χ0) is 18.1. The fourth-order valence-corrected chi connectivity index (χ4v) is 3.20. The molecule has 0 aliphatic heterocycles. The molecule has 7 heteroatoms. The minimum absolute atomic E-state index is 0.297. The van der Waals surface area contributed by atoms with Gasteiger partial charge in [-0.15, -0.1) is 11.8 Å². The predicted molar refractivity (Wildman–Crippen MR) is 109 cm³/mol. The van der Waals surface area contributed by atoms with Crippen molar-refractivity contribution in [1.82, 2.24) is 5.32 Å². The number of rotatable bonds is 7. The number of thioether (sulfide) groups is 1. The first-order valence-electron chi connectivity index (χ1n) is 7.79. The van der Waals surface area contributed by atoms with Crippen LogP contribution in [0.1, 0.15) is 17.3 Å². The Balaban J connectivity index is 1.82. The van der Waals surface area contributed by atoms with Crippen LogP contribution in [0.3, 0.4) is 0 Å². The Kier molecular flexibility index (Phi) is 8.04. The number of hydrogen-bond donors (Lipinski definition) is 2. The van der Waals surface area contributed by atoms with Gasteiger partial charge in [-0.25, -0.2) is 4.79 Å². The average Bonchev–Trinajstić information content (AvgIpc) is 2.61. The summed E-state index contributed by atoms with van der Waals surface area (Å²) in [6, 6.07) is 15.2. The van der Waals surface area contributed by atoms with Gasteiger partial charge in [0, 0.05) is 22.9 Å². The molecule has 0 fully saturated rings. The molecule has 2 aromatic carbocycles. The van der Waals surface area contributed by atoms with Crippen LogP contribution in [0.2, 0.25) is 5.02 Å². The smallest absolute Gasteiger partial charge is 0.339 e. The first kappa shape index (κ1) is 19.6. The third-order valence-electron chi connectivity index (χ3n) is 3.12. The Morgan fingerprint density at radius 1 is 1.24 bits per heavy atom. The highest BCUT2D eigenvalue weighted by Crippen LogP contribution is 2.21. The average molecular weight is 395 g/mol. The van der Waals surface area contributed by atoms with Crippen molar-refractivity contribution in [3.8, 4) is 0 Å². The third kappa shape index (κ3) is 6.57. The van der Waals surface area contributed by atoms with E-state index in [4.69, 9.17) is 28.6 Å². The van der Waals surface area contributed by atoms with E-state index in [1.54, 1.807) is 36.9 Å². The van der Waals surface area contributed by atoms with Crippen molar-refractivity contribution in [2.75, 3.05) is 24.2 Å². The lowest BCUT2D eigenvalue weighted by molar-refractivity contribution is 0.0526. The zero-order valence-corrected chi connectivity index (χ0v) is 16.1. The summed E-state index contributed by atoms with van der Waals surface area (Å²) in [7, 11) is 0. The minimum atomic E-state index is -0.450. The van der Waals surface area contributed by atoms with Gasteiger partial charge in [0.2, 0.25) is 0 Å². The summed E-state index contributed by atoms with van der Waals surface area (Å²) in [5, 5.41) is 7.03. The van der Waals surface area contributed by atoms with Crippen LogP contribution in [0.25, 0.3) is 0 Å². The van der Waals surface area contributed by atoms with Crippen molar-refractivity contribution in [2.45, 2.75) is 11.8 Å². The number of esters is 1. The molecule has 0 saturated carbocycles. The van der Waals surface area contributed by atoms with Crippen LogP contribution >= 0.6 is 35.6 Å². The molecule has 0 amide bonds. The normalized spacial score (nSPS) is 10.2. The maximum atomic E-state index is 11.9. The van der Waals surface area contributed by atoms with Gasteiger partial charge in [-0.3, -0.25) is 0 Å². The van der Waals surface area contributed by atoms with E-state index in [-0.39, 0.29) is 0 Å². The van der Waals surface area contributed by atoms with Gasteiger partial charge in [0.05, 0.1) is 17.2 Å². The van der Waals surface area contributed by atoms with Crippen LogP contribution in [0.5, 0.6) is 0 Å². The molecule has 0 unspecified atom stereocenters. The molecule has 0 heterocycles. The van der Waals surface area contributed by atoms with Crippen molar-refractivity contribution < 1.29 is 9.53 Å². The first-order chi connectivity index (χ1) is 12.1. The summed E-state index contributed by atoms with van der Waals surface area (Å²) < 4.78 is 4.99. The van der Waals surface area contributed by atoms with Crippen molar-refractivity contribution >= 4 is 52.3 Å². The molecular weight excluding hydrogens is 376 g/mol. The molecular formula is C18H19ClN2O2S2. The topological polar surface area (TPSA) is 50.4 Å². The van der Waals surface area contributed by atoms with Crippen molar-refractivity contribution in [3.63, 3.8) is 0 Å². The maximum Gasteiger partial charge on any atom is 0.339 e. The molecule has 0 spiro atoms. The summed E-state index contributed by atoms with van der Waals surface area (Å²) in [5.74, 6) is 0.440. The number of carbonyl (C=O) groups excluding carboxylic acids is 1. The van der Waals surface area contributed by atoms with Gasteiger partial charge < -0.3 is 15.4 Å². The summed E-state index contributed by atoms with van der Waals surface area (Å²) in [6.45, 7) is 2.77. The van der Waals surface area contributed by atoms with Crippen LogP contribution in [0.15, 0.2) is 53.4 Å². The zero-order valence-electron chi connectivity index (χ0n) is 13.8. The quantitative estimate of drug-likeness (QED) is 0.310. The van der Waals surface area contributed by atoms with E-state index in [9.17, 15) is 4.79 Å². The standard InChI is InChI=1S/C18H19ClN2O2S2/c1-2-23-17(22)15-12-13(8-9-16(15)19)21-18(24)20-10-11-25-14-6-4-3-5-7-14/h3-9,12H,2,10-11H2,1H3,(H2,20,21,24). The fourth-order valence-electron chi connectivity index (χ4n) is 1.99. The van der Waals surface area contributed by atoms with E-state index in [1.165, 1.54) is 4.90 Å². The summed E-state index contributed by atoms with van der Waals surface area (Å²) in [4.78, 5) is 13.1. The number of thiocarbonyl (C=S) groups is 1. The molecule has 2 rings (SSSR count). The number of benzene rings is 2. The Bertz CT molecular complexity index is 726. The number of hydrogen-bond acceptors (Lipinski definition) is 4. The molecule has 2 aromatic rings. The third-order valence-corrected chi connectivity index (χ3v) is 4.71. The van der Waals surface area contributed by atoms with Gasteiger partial charge in [0.25, 0.3) is 0 Å². The Morgan fingerprint density at radius 3 is 2.72 bits per heavy atom. The molecule has 4 nitrogen and oxygen atoms in total. The summed E-state index contributed by atoms with van der Waals surface area (Å²) in [5.41, 5.74) is 0.997. The molecule has 0 saturated heterocycles. The van der Waals surface area contributed by atoms with E-state index < -0.39 is 5.97 Å². The van der Waals surface area contributed by atoms with Crippen LogP contribution in [-0.4, -0.2) is 30.0 Å². The molecule has 2 N–H and O–H groups in total. The molecule has 0 aliphatic carbocycles. The fraction of sp³-hybridized carbons (Fsp3) is 0.222. The Labute approximate surface area is 162 Å². The minimum Gasteiger partial charge on any atom is -0.462 e. The summed E-state index contributed by atoms with van der Waals surface area (Å²) >= 11 is 13.1. The second-order valence-corrected chi connectivity index (χ2v) is 6.94. The first-order valence-corrected chi connectivity index (χ1v) is 9.56. The van der Waals surface area contributed by atoms with Gasteiger partial charge in [-0.2, -0.15) is 0 Å². The maximum absolute atomic E-state index is 11.9. The molecule has 132 valence electrons. The predicted octanol–water partition coefficient (Wildman–Crippen LogP) is 4.60. The number of carbonyl (C=O) groups is 1. The SMILES string of the molecule is CCOC(=O)c1cc(NC(=S)NCCSc2ccccc2)ccc1Cl. The van der Waals surface area contributed by atoms with Crippen LogP contribution in [0, 0.1) is 0 Å².